The Morgan fingerprint density at radius 1 is 1.12 bits per heavy atom. The predicted molar refractivity (Wildman–Crippen MR) is 156 cm³/mol. The van der Waals surface area contributed by atoms with Crippen LogP contribution in [0.1, 0.15) is 66.5 Å². The highest BCUT2D eigenvalue weighted by Gasteiger charge is 2.45. The lowest BCUT2D eigenvalue weighted by atomic mass is 9.87. The van der Waals surface area contributed by atoms with E-state index in [9.17, 15) is 9.59 Å². The Morgan fingerprint density at radius 2 is 1.85 bits per heavy atom. The molecule has 2 saturated heterocycles. The number of pyridine rings is 1. The van der Waals surface area contributed by atoms with Gasteiger partial charge in [0.15, 0.2) is 0 Å². The van der Waals surface area contributed by atoms with Crippen LogP contribution < -0.4 is 16.0 Å². The van der Waals surface area contributed by atoms with E-state index in [-0.39, 0.29) is 35.9 Å². The quantitative estimate of drug-likeness (QED) is 0.453. The largest absolute Gasteiger partial charge is 0.444 e. The van der Waals surface area contributed by atoms with Gasteiger partial charge in [0.25, 0.3) is 5.91 Å². The van der Waals surface area contributed by atoms with Crippen LogP contribution in [0, 0.1) is 12.7 Å². The highest BCUT2D eigenvalue weighted by atomic mass is 32.1. The fourth-order valence-corrected chi connectivity index (χ4v) is 7.43. The number of piperazine rings is 1. The first-order chi connectivity index (χ1) is 19.0. The molecule has 2 aliphatic heterocycles. The number of aromatic nitrogens is 1. The lowest BCUT2D eigenvalue weighted by Crippen LogP contribution is -2.57. The van der Waals surface area contributed by atoms with E-state index in [4.69, 9.17) is 10.5 Å². The summed E-state index contributed by atoms with van der Waals surface area (Å²) >= 11 is 1.30. The van der Waals surface area contributed by atoms with Crippen molar-refractivity contribution in [3.05, 3.63) is 51.8 Å². The Balaban J connectivity index is 1.14. The average Bonchev–Trinajstić information content (AvgIpc) is 3.35. The molecule has 212 valence electrons. The third kappa shape index (κ3) is 4.87. The second-order valence-corrected chi connectivity index (χ2v) is 13.3. The van der Waals surface area contributed by atoms with Crippen molar-refractivity contribution in [1.29, 1.82) is 0 Å². The highest BCUT2D eigenvalue weighted by Crippen LogP contribution is 2.38. The minimum absolute atomic E-state index is 0.0177. The number of nitrogens with zero attached hydrogens (tertiary/aromatic N) is 3. The smallest absolute Gasteiger partial charge is 0.410 e. The Morgan fingerprint density at radius 3 is 2.55 bits per heavy atom. The molecule has 3 aromatic rings. The molecule has 3 atom stereocenters. The fraction of sp³-hybridized carbons (Fsp3) is 0.500. The normalized spacial score (nSPS) is 22.4. The molecule has 2 unspecified atom stereocenters. The van der Waals surface area contributed by atoms with Crippen molar-refractivity contribution in [3.63, 3.8) is 0 Å². The SMILES string of the molecule is Cc1ccc2c(N)c(C(=O)N[C@H]3CCc4c(ccc(N5CC6CCC(C5)N6C(=O)OC(C)(C)C)c4F)C3)sc2n1. The molecule has 2 fully saturated rings. The maximum Gasteiger partial charge on any atom is 0.410 e. The Labute approximate surface area is 237 Å². The standard InChI is InChI=1S/C30H36FN5O3S/c1-16-5-10-22-25(32)26(40-28(22)33-16)27(37)34-18-7-11-21-17(13-18)6-12-23(24(21)31)35-14-19-8-9-20(15-35)36(19)29(38)39-30(2,3)4/h5-6,10,12,18-20H,7-9,11,13-15,32H2,1-4H3,(H,34,37)/t18-,19?,20?/m0/s1. The number of amides is 2. The minimum atomic E-state index is -0.545. The van der Waals surface area contributed by atoms with E-state index < -0.39 is 5.60 Å². The molecule has 0 saturated carbocycles. The van der Waals surface area contributed by atoms with E-state index in [0.717, 1.165) is 39.9 Å². The number of aryl methyl sites for hydroxylation is 1. The van der Waals surface area contributed by atoms with E-state index in [1.54, 1.807) is 0 Å². The summed E-state index contributed by atoms with van der Waals surface area (Å²) in [5.74, 6) is -0.385. The van der Waals surface area contributed by atoms with Crippen molar-refractivity contribution in [3.8, 4) is 0 Å². The molecule has 2 aromatic heterocycles. The van der Waals surface area contributed by atoms with Crippen molar-refractivity contribution in [2.24, 2.45) is 0 Å². The minimum Gasteiger partial charge on any atom is -0.444 e. The number of halogens is 1. The second kappa shape index (κ2) is 9.90. The van der Waals surface area contributed by atoms with Crippen molar-refractivity contribution >= 4 is 44.9 Å². The average molecular weight is 566 g/mol. The van der Waals surface area contributed by atoms with E-state index in [1.165, 1.54) is 11.3 Å². The number of carbonyl (C=O) groups is 2. The summed E-state index contributed by atoms with van der Waals surface area (Å²) in [5.41, 5.74) is 9.32. The van der Waals surface area contributed by atoms with Gasteiger partial charge in [-0.2, -0.15) is 0 Å². The van der Waals surface area contributed by atoms with Crippen LogP contribution in [0.2, 0.25) is 0 Å². The predicted octanol–water partition coefficient (Wildman–Crippen LogP) is 5.20. The van der Waals surface area contributed by atoms with Crippen LogP contribution >= 0.6 is 11.3 Å². The van der Waals surface area contributed by atoms with Gasteiger partial charge < -0.3 is 20.7 Å². The van der Waals surface area contributed by atoms with E-state index >= 15 is 4.39 Å². The van der Waals surface area contributed by atoms with Crippen LogP contribution in [-0.2, 0) is 17.6 Å². The van der Waals surface area contributed by atoms with Gasteiger partial charge in [0.1, 0.15) is 21.1 Å². The summed E-state index contributed by atoms with van der Waals surface area (Å²) in [5, 5.41) is 3.92. The number of benzene rings is 1. The summed E-state index contributed by atoms with van der Waals surface area (Å²) in [6.07, 6.45) is 3.29. The summed E-state index contributed by atoms with van der Waals surface area (Å²) < 4.78 is 21.5. The Kier molecular flexibility index (Phi) is 6.64. The van der Waals surface area contributed by atoms with Gasteiger partial charge in [0.2, 0.25) is 0 Å². The summed E-state index contributed by atoms with van der Waals surface area (Å²) in [7, 11) is 0. The molecule has 4 heterocycles. The molecule has 6 rings (SSSR count). The zero-order valence-corrected chi connectivity index (χ0v) is 24.2. The monoisotopic (exact) mass is 565 g/mol. The number of nitrogens with one attached hydrogen (secondary N) is 1. The van der Waals surface area contributed by atoms with Crippen molar-refractivity contribution in [2.45, 2.75) is 83.5 Å². The number of fused-ring (bicyclic) bond motifs is 4. The maximum atomic E-state index is 15.9. The molecular formula is C30H36FN5O3S. The number of nitrogens with two attached hydrogens (primary N) is 1. The fourth-order valence-electron chi connectivity index (χ4n) is 6.39. The number of carbonyl (C=O) groups excluding carboxylic acids is 2. The first kappa shape index (κ1) is 26.8. The maximum absolute atomic E-state index is 15.9. The van der Waals surface area contributed by atoms with Crippen molar-refractivity contribution in [1.82, 2.24) is 15.2 Å². The number of ether oxygens (including phenoxy) is 1. The summed E-state index contributed by atoms with van der Waals surface area (Å²) in [6.45, 7) is 8.72. The van der Waals surface area contributed by atoms with Gasteiger partial charge in [-0.15, -0.1) is 11.3 Å². The molecule has 1 aromatic carbocycles. The molecule has 2 bridgehead atoms. The highest BCUT2D eigenvalue weighted by molar-refractivity contribution is 7.21. The van der Waals surface area contributed by atoms with Crippen LogP contribution in [0.3, 0.4) is 0 Å². The number of hydrogen-bond donors (Lipinski definition) is 2. The van der Waals surface area contributed by atoms with Gasteiger partial charge in [0, 0.05) is 30.2 Å². The molecule has 0 spiro atoms. The topological polar surface area (TPSA) is 101 Å². The number of anilines is 2. The number of nitrogen functional groups attached to an aromatic ring is 1. The number of thiophene rings is 1. The molecule has 8 nitrogen and oxygen atoms in total. The second-order valence-electron chi connectivity index (χ2n) is 12.3. The van der Waals surface area contributed by atoms with Gasteiger partial charge in [-0.05, 0) is 89.1 Å². The number of rotatable bonds is 3. The molecule has 3 N–H and O–H groups in total. The molecule has 2 amide bonds. The Hall–Kier alpha value is -3.40. The molecule has 10 heteroatoms. The van der Waals surface area contributed by atoms with Crippen molar-refractivity contribution < 1.29 is 18.7 Å². The zero-order chi connectivity index (χ0) is 28.3. The van der Waals surface area contributed by atoms with Crippen LogP contribution in [-0.4, -0.2) is 58.7 Å². The van der Waals surface area contributed by atoms with Crippen LogP contribution in [0.5, 0.6) is 0 Å². The first-order valence-corrected chi connectivity index (χ1v) is 14.8. The van der Waals surface area contributed by atoms with Gasteiger partial charge >= 0.3 is 6.09 Å². The van der Waals surface area contributed by atoms with Crippen molar-refractivity contribution in [2.75, 3.05) is 23.7 Å². The summed E-state index contributed by atoms with van der Waals surface area (Å²) in [6, 6.07) is 7.58. The number of hydrogen-bond acceptors (Lipinski definition) is 7. The van der Waals surface area contributed by atoms with Crippen LogP contribution in [0.4, 0.5) is 20.6 Å². The third-order valence-corrected chi connectivity index (χ3v) is 9.34. The van der Waals surface area contributed by atoms with E-state index in [0.29, 0.717) is 48.6 Å². The first-order valence-electron chi connectivity index (χ1n) is 14.0. The van der Waals surface area contributed by atoms with Crippen LogP contribution in [0.15, 0.2) is 24.3 Å². The van der Waals surface area contributed by atoms with Crippen LogP contribution in [0.25, 0.3) is 10.2 Å². The zero-order valence-electron chi connectivity index (χ0n) is 23.4. The van der Waals surface area contributed by atoms with Gasteiger partial charge in [-0.3, -0.25) is 9.69 Å². The van der Waals surface area contributed by atoms with Gasteiger partial charge in [0.05, 0.1) is 23.5 Å². The molecule has 3 aliphatic rings. The molecular weight excluding hydrogens is 529 g/mol. The lowest BCUT2D eigenvalue weighted by Gasteiger charge is -2.42. The third-order valence-electron chi connectivity index (χ3n) is 8.23. The van der Waals surface area contributed by atoms with E-state index in [1.807, 2.05) is 56.9 Å². The molecule has 0 radical (unpaired) electrons. The lowest BCUT2D eigenvalue weighted by molar-refractivity contribution is 0.0123. The van der Waals surface area contributed by atoms with Gasteiger partial charge in [-0.1, -0.05) is 6.07 Å². The van der Waals surface area contributed by atoms with Gasteiger partial charge in [-0.25, -0.2) is 14.2 Å². The molecule has 1 aliphatic carbocycles. The van der Waals surface area contributed by atoms with E-state index in [2.05, 4.69) is 15.2 Å². The molecule has 40 heavy (non-hydrogen) atoms. The summed E-state index contributed by atoms with van der Waals surface area (Å²) in [4.78, 5) is 35.6. The Bertz CT molecular complexity index is 1480.